The molecule has 0 amide bonds. The Balaban J connectivity index is 0.000000302. The van der Waals surface area contributed by atoms with Gasteiger partial charge in [0.25, 0.3) is 0 Å². The van der Waals surface area contributed by atoms with Crippen LogP contribution in [0.5, 0.6) is 0 Å². The van der Waals surface area contributed by atoms with Gasteiger partial charge >= 0.3 is 0 Å². The molecular formula is C40H20BF20NS. The number of nitrogens with zero attached hydrogens (tertiary/aromatic N) is 1. The highest BCUT2D eigenvalue weighted by molar-refractivity contribution is 7.20. The molecule has 0 spiro atoms. The highest BCUT2D eigenvalue weighted by Crippen LogP contribution is 2.33. The third kappa shape index (κ3) is 7.58. The van der Waals surface area contributed by atoms with E-state index in [9.17, 15) is 52.7 Å². The summed E-state index contributed by atoms with van der Waals surface area (Å²) in [4.78, 5) is 0. The number of hydrogen-bond donors (Lipinski definition) is 0. The predicted molar refractivity (Wildman–Crippen MR) is 185 cm³/mol. The van der Waals surface area contributed by atoms with E-state index in [0.717, 1.165) is 12.5 Å². The SMILES string of the molecule is Fc1c(F)c(F)c([B-](c2c(F)c(F)c(F)c(F)c2F)(c2c(F)c(F)c(F)c(F)c2F)c2c(F)c(F)c(F)c(F)c2F)c(F)c1F.c1ccc(C[n+]2cscc2C2CCCCC2)cc1. The first-order valence-electron chi connectivity index (χ1n) is 17.9. The van der Waals surface area contributed by atoms with Crippen molar-refractivity contribution < 1.29 is 92.4 Å². The Morgan fingerprint density at radius 2 is 0.683 bits per heavy atom. The van der Waals surface area contributed by atoms with Crippen LogP contribution in [-0.4, -0.2) is 6.15 Å². The van der Waals surface area contributed by atoms with Gasteiger partial charge in [0.15, 0.2) is 82.0 Å². The van der Waals surface area contributed by atoms with E-state index in [-0.39, 0.29) is 0 Å². The predicted octanol–water partition coefficient (Wildman–Crippen LogP) is 9.98. The van der Waals surface area contributed by atoms with Gasteiger partial charge in [0.05, 0.1) is 5.38 Å². The van der Waals surface area contributed by atoms with Gasteiger partial charge in [0.2, 0.25) is 5.51 Å². The van der Waals surface area contributed by atoms with Crippen LogP contribution in [0.15, 0.2) is 41.2 Å². The van der Waals surface area contributed by atoms with Crippen molar-refractivity contribution in [2.24, 2.45) is 0 Å². The van der Waals surface area contributed by atoms with Gasteiger partial charge in [-0.25, -0.2) is 87.8 Å². The molecule has 7 rings (SSSR count). The Bertz CT molecular complexity index is 2370. The maximum Gasteiger partial charge on any atom is 0.225 e. The zero-order valence-electron chi connectivity index (χ0n) is 30.9. The maximum atomic E-state index is 15.4. The molecule has 1 saturated carbocycles. The first kappa shape index (κ1) is 46.9. The number of benzene rings is 5. The van der Waals surface area contributed by atoms with E-state index in [1.807, 2.05) is 11.3 Å². The summed E-state index contributed by atoms with van der Waals surface area (Å²) in [5.41, 5.74) is -9.10. The average Bonchev–Trinajstić information content (AvgIpc) is 3.75. The van der Waals surface area contributed by atoms with Crippen molar-refractivity contribution in [1.82, 2.24) is 0 Å². The molecule has 1 aromatic heterocycles. The fraction of sp³-hybridized carbons (Fsp3) is 0.175. The highest BCUT2D eigenvalue weighted by Gasteiger charge is 2.52. The Morgan fingerprint density at radius 3 is 0.984 bits per heavy atom. The lowest BCUT2D eigenvalue weighted by atomic mass is 9.12. The fourth-order valence-corrected chi connectivity index (χ4v) is 8.69. The summed E-state index contributed by atoms with van der Waals surface area (Å²) < 4.78 is 296. The minimum Gasteiger partial charge on any atom is -0.207 e. The molecule has 0 radical (unpaired) electrons. The normalized spacial score (nSPS) is 13.4. The second-order valence-electron chi connectivity index (χ2n) is 14.0. The number of rotatable bonds is 7. The first-order chi connectivity index (χ1) is 29.6. The Labute approximate surface area is 344 Å². The standard InChI is InChI=1S/C24BF20.C16H20NS/c26-5-1(6(27)14(35)21(42)13(5)34)25(2-7(28)15(36)22(43)16(37)8(2)29,3-9(30)17(38)23(44)18(39)10(3)31)4-11(32)19(40)24(45)20(41)12(4)33;1-3-7-14(8-4-1)11-17-13-18-12-16(17)15-9-5-2-6-10-15/h;1,3-4,7-8,12-13,15H,2,5-6,9-11H2/q-1;+1. The van der Waals surface area contributed by atoms with Gasteiger partial charge in [0, 0.05) is 11.5 Å². The van der Waals surface area contributed by atoms with Crippen LogP contribution in [0, 0.1) is 116 Å². The van der Waals surface area contributed by atoms with E-state index >= 15 is 35.1 Å². The molecule has 0 bridgehead atoms. The zero-order valence-corrected chi connectivity index (χ0v) is 31.7. The quantitative estimate of drug-likeness (QED) is 0.0494. The van der Waals surface area contributed by atoms with Crippen molar-refractivity contribution >= 4 is 39.3 Å². The highest BCUT2D eigenvalue weighted by atomic mass is 32.1. The molecule has 0 aliphatic heterocycles. The van der Waals surface area contributed by atoms with Crippen LogP contribution < -0.4 is 26.4 Å². The number of halogens is 20. The average molecular weight is 937 g/mol. The summed E-state index contributed by atoms with van der Waals surface area (Å²) in [5.74, 6) is -70.6. The third-order valence-corrected chi connectivity index (χ3v) is 11.4. The molecule has 0 atom stereocenters. The Hall–Kier alpha value is -5.61. The van der Waals surface area contributed by atoms with E-state index in [1.165, 1.54) is 37.7 Å². The van der Waals surface area contributed by atoms with Crippen LogP contribution in [0.25, 0.3) is 0 Å². The van der Waals surface area contributed by atoms with Crippen LogP contribution in [0.4, 0.5) is 87.8 Å². The van der Waals surface area contributed by atoms with Crippen molar-refractivity contribution in [3.8, 4) is 0 Å². The molecule has 1 aliphatic rings. The van der Waals surface area contributed by atoms with Crippen LogP contribution in [0.1, 0.15) is 49.3 Å². The van der Waals surface area contributed by atoms with Gasteiger partial charge in [-0.05, 0) is 12.8 Å². The van der Waals surface area contributed by atoms with E-state index in [1.54, 1.807) is 5.69 Å². The zero-order chi connectivity index (χ0) is 46.6. The molecule has 0 unspecified atom stereocenters. The smallest absolute Gasteiger partial charge is 0.207 e. The molecule has 1 heterocycles. The summed E-state index contributed by atoms with van der Waals surface area (Å²) in [5, 5.41) is 2.36. The lowest BCUT2D eigenvalue weighted by Crippen LogP contribution is -2.81. The van der Waals surface area contributed by atoms with Gasteiger partial charge in [-0.3, -0.25) is 0 Å². The van der Waals surface area contributed by atoms with Crippen molar-refractivity contribution in [3.63, 3.8) is 0 Å². The van der Waals surface area contributed by atoms with E-state index < -0.39 is 144 Å². The molecule has 1 fully saturated rings. The monoisotopic (exact) mass is 937 g/mol. The second kappa shape index (κ2) is 17.9. The molecule has 334 valence electrons. The third-order valence-electron chi connectivity index (χ3n) is 10.6. The summed E-state index contributed by atoms with van der Waals surface area (Å²) in [7, 11) is 0. The molecule has 63 heavy (non-hydrogen) atoms. The molecule has 1 aliphatic carbocycles. The first-order valence-corrected chi connectivity index (χ1v) is 18.8. The van der Waals surface area contributed by atoms with Crippen molar-refractivity contribution in [3.05, 3.63) is 169 Å². The van der Waals surface area contributed by atoms with Gasteiger partial charge < -0.3 is 0 Å². The largest absolute Gasteiger partial charge is 0.225 e. The number of aromatic nitrogens is 1. The minimum atomic E-state index is -7.22. The molecule has 1 nitrogen and oxygen atoms in total. The number of hydrogen-bond acceptors (Lipinski definition) is 1. The van der Waals surface area contributed by atoms with Crippen LogP contribution in [0.3, 0.4) is 0 Å². The molecule has 0 saturated heterocycles. The van der Waals surface area contributed by atoms with Gasteiger partial charge in [-0.15, -0.1) is 21.9 Å². The molecule has 23 heteroatoms. The molecule has 5 aromatic carbocycles. The Morgan fingerprint density at radius 1 is 0.397 bits per heavy atom. The molecular weight excluding hydrogens is 917 g/mol. The molecule has 0 N–H and O–H groups in total. The van der Waals surface area contributed by atoms with Crippen LogP contribution >= 0.6 is 11.3 Å². The minimum absolute atomic E-state index is 0.800. The molecule has 6 aromatic rings. The summed E-state index contributed by atoms with van der Waals surface area (Å²) in [6.07, 6.45) is -0.209. The summed E-state index contributed by atoms with van der Waals surface area (Å²) in [6.45, 7) is 1.02. The van der Waals surface area contributed by atoms with Crippen LogP contribution in [0.2, 0.25) is 0 Å². The maximum absolute atomic E-state index is 15.4. The van der Waals surface area contributed by atoms with Crippen molar-refractivity contribution in [2.75, 3.05) is 0 Å². The topological polar surface area (TPSA) is 3.88 Å². The van der Waals surface area contributed by atoms with Gasteiger partial charge in [0.1, 0.15) is 52.7 Å². The van der Waals surface area contributed by atoms with E-state index in [4.69, 9.17) is 0 Å². The van der Waals surface area contributed by atoms with E-state index in [0.29, 0.717) is 0 Å². The summed E-state index contributed by atoms with van der Waals surface area (Å²) >= 11 is 1.84. The number of thiazole rings is 1. The lowest BCUT2D eigenvalue weighted by Gasteiger charge is -2.44. The fourth-order valence-electron chi connectivity index (χ4n) is 7.81. The van der Waals surface area contributed by atoms with Gasteiger partial charge in [-0.2, -0.15) is 4.57 Å². The lowest BCUT2D eigenvalue weighted by molar-refractivity contribution is -0.692. The van der Waals surface area contributed by atoms with Crippen LogP contribution in [-0.2, 0) is 6.54 Å². The summed E-state index contributed by atoms with van der Waals surface area (Å²) in [6, 6.07) is 10.8. The van der Waals surface area contributed by atoms with Crippen molar-refractivity contribution in [1.29, 1.82) is 0 Å². The second-order valence-corrected chi connectivity index (χ2v) is 14.8. The Kier molecular flexibility index (Phi) is 13.3. The van der Waals surface area contributed by atoms with Crippen molar-refractivity contribution in [2.45, 2.75) is 44.6 Å². The van der Waals surface area contributed by atoms with Gasteiger partial charge in [-0.1, -0.05) is 60.9 Å². The van der Waals surface area contributed by atoms with E-state index in [2.05, 4.69) is 45.8 Å².